The molecule has 110 valence electrons. The fraction of sp³-hybridized carbons (Fsp3) is 0.625. The quantitative estimate of drug-likeness (QED) is 0.898. The average molecular weight is 277 g/mol. The molecule has 1 aromatic carbocycles. The van der Waals surface area contributed by atoms with Gasteiger partial charge in [0, 0.05) is 13.2 Å². The van der Waals surface area contributed by atoms with Crippen LogP contribution in [0.1, 0.15) is 37.3 Å². The van der Waals surface area contributed by atoms with E-state index >= 15 is 0 Å². The van der Waals surface area contributed by atoms with Gasteiger partial charge in [0.2, 0.25) is 0 Å². The number of methoxy groups -OCH3 is 1. The lowest BCUT2D eigenvalue weighted by atomic mass is 9.74. The molecule has 1 heterocycles. The van der Waals surface area contributed by atoms with E-state index in [9.17, 15) is 0 Å². The molecule has 0 aromatic heterocycles. The predicted molar refractivity (Wildman–Crippen MR) is 77.4 cm³/mol. The van der Waals surface area contributed by atoms with Crippen LogP contribution in [0, 0.1) is 0 Å². The van der Waals surface area contributed by atoms with Gasteiger partial charge in [0.15, 0.2) is 11.5 Å². The summed E-state index contributed by atoms with van der Waals surface area (Å²) in [5.41, 5.74) is 1.29. The minimum Gasteiger partial charge on any atom is -0.486 e. The van der Waals surface area contributed by atoms with E-state index in [0.717, 1.165) is 30.8 Å². The normalized spacial score (nSPS) is 21.1. The summed E-state index contributed by atoms with van der Waals surface area (Å²) in [6.07, 6.45) is 4.59. The number of hydrogen-bond donors (Lipinski definition) is 1. The Morgan fingerprint density at radius 3 is 2.60 bits per heavy atom. The molecule has 1 aliphatic heterocycles. The third kappa shape index (κ3) is 2.50. The molecule has 0 radical (unpaired) electrons. The Morgan fingerprint density at radius 1 is 1.25 bits per heavy atom. The van der Waals surface area contributed by atoms with Gasteiger partial charge in [0.1, 0.15) is 13.2 Å². The van der Waals surface area contributed by atoms with Crippen LogP contribution in [-0.4, -0.2) is 33.0 Å². The van der Waals surface area contributed by atoms with Crippen LogP contribution < -0.4 is 14.8 Å². The van der Waals surface area contributed by atoms with Crippen LogP contribution in [0.2, 0.25) is 0 Å². The van der Waals surface area contributed by atoms with E-state index in [2.05, 4.69) is 17.4 Å². The van der Waals surface area contributed by atoms with Gasteiger partial charge >= 0.3 is 0 Å². The minimum absolute atomic E-state index is 0.0565. The lowest BCUT2D eigenvalue weighted by molar-refractivity contribution is -0.0834. The van der Waals surface area contributed by atoms with Crippen molar-refractivity contribution in [1.82, 2.24) is 5.32 Å². The van der Waals surface area contributed by atoms with E-state index in [0.29, 0.717) is 13.2 Å². The highest BCUT2D eigenvalue weighted by Crippen LogP contribution is 2.42. The summed E-state index contributed by atoms with van der Waals surface area (Å²) in [7, 11) is 3.83. The first kappa shape index (κ1) is 13.7. The largest absolute Gasteiger partial charge is 0.486 e. The Labute approximate surface area is 120 Å². The van der Waals surface area contributed by atoms with E-state index < -0.39 is 0 Å². The van der Waals surface area contributed by atoms with Gasteiger partial charge in [-0.05, 0) is 50.4 Å². The molecule has 1 saturated carbocycles. The SMILES string of the molecule is CNC(CC1(OC)CCC1)c1ccc2c(c1)OCCO2. The van der Waals surface area contributed by atoms with Crippen molar-refractivity contribution in [3.05, 3.63) is 23.8 Å². The van der Waals surface area contributed by atoms with Gasteiger partial charge in [-0.2, -0.15) is 0 Å². The van der Waals surface area contributed by atoms with Gasteiger partial charge in [-0.25, -0.2) is 0 Å². The van der Waals surface area contributed by atoms with Crippen molar-refractivity contribution in [3.63, 3.8) is 0 Å². The molecule has 1 aromatic rings. The van der Waals surface area contributed by atoms with Crippen molar-refractivity contribution >= 4 is 0 Å². The third-order valence-corrected chi connectivity index (χ3v) is 4.59. The number of hydrogen-bond acceptors (Lipinski definition) is 4. The van der Waals surface area contributed by atoms with E-state index in [4.69, 9.17) is 14.2 Å². The Bertz CT molecular complexity index is 465. The van der Waals surface area contributed by atoms with Crippen molar-refractivity contribution in [1.29, 1.82) is 0 Å². The first-order chi connectivity index (χ1) is 9.76. The predicted octanol–water partition coefficient (Wildman–Crippen LogP) is 2.68. The Hall–Kier alpha value is -1.26. The molecule has 0 spiro atoms. The second-order valence-electron chi connectivity index (χ2n) is 5.69. The van der Waals surface area contributed by atoms with Gasteiger partial charge in [-0.1, -0.05) is 6.07 Å². The van der Waals surface area contributed by atoms with Crippen LogP contribution in [0.3, 0.4) is 0 Å². The molecule has 0 saturated heterocycles. The molecule has 4 heteroatoms. The fourth-order valence-electron chi connectivity index (χ4n) is 3.10. The van der Waals surface area contributed by atoms with E-state index in [-0.39, 0.29) is 11.6 Å². The third-order valence-electron chi connectivity index (χ3n) is 4.59. The Morgan fingerprint density at radius 2 is 2.00 bits per heavy atom. The molecule has 3 rings (SSSR count). The molecule has 1 unspecified atom stereocenters. The van der Waals surface area contributed by atoms with Crippen molar-refractivity contribution in [2.45, 2.75) is 37.3 Å². The standard InChI is InChI=1S/C16H23NO3/c1-17-13(11-16(18-2)6-3-7-16)12-4-5-14-15(10-12)20-9-8-19-14/h4-5,10,13,17H,3,6-9,11H2,1-2H3. The maximum absolute atomic E-state index is 5.74. The van der Waals surface area contributed by atoms with Crippen molar-refractivity contribution in [2.24, 2.45) is 0 Å². The van der Waals surface area contributed by atoms with Crippen molar-refractivity contribution < 1.29 is 14.2 Å². The number of fused-ring (bicyclic) bond motifs is 1. The summed E-state index contributed by atoms with van der Waals surface area (Å²) < 4.78 is 17.0. The number of ether oxygens (including phenoxy) is 3. The molecular weight excluding hydrogens is 254 g/mol. The zero-order chi connectivity index (χ0) is 14.0. The number of rotatable bonds is 5. The maximum Gasteiger partial charge on any atom is 0.161 e. The molecule has 1 atom stereocenters. The summed E-state index contributed by atoms with van der Waals surface area (Å²) >= 11 is 0. The second kappa shape index (κ2) is 5.62. The molecular formula is C16H23NO3. The van der Waals surface area contributed by atoms with Crippen LogP contribution in [-0.2, 0) is 4.74 Å². The van der Waals surface area contributed by atoms with Crippen molar-refractivity contribution in [2.75, 3.05) is 27.4 Å². The molecule has 1 fully saturated rings. The monoisotopic (exact) mass is 277 g/mol. The summed E-state index contributed by atoms with van der Waals surface area (Å²) in [6, 6.07) is 6.51. The van der Waals surface area contributed by atoms with Gasteiger partial charge in [-0.3, -0.25) is 0 Å². The first-order valence-corrected chi connectivity index (χ1v) is 7.38. The van der Waals surface area contributed by atoms with E-state index in [1.54, 1.807) is 0 Å². The number of nitrogens with one attached hydrogen (secondary N) is 1. The highest BCUT2D eigenvalue weighted by Gasteiger charge is 2.39. The van der Waals surface area contributed by atoms with Gasteiger partial charge in [0.25, 0.3) is 0 Å². The fourth-order valence-corrected chi connectivity index (χ4v) is 3.10. The Kier molecular flexibility index (Phi) is 3.85. The molecule has 2 aliphatic rings. The van der Waals surface area contributed by atoms with Crippen LogP contribution in [0.25, 0.3) is 0 Å². The summed E-state index contributed by atoms with van der Waals surface area (Å²) in [5, 5.41) is 3.41. The summed E-state index contributed by atoms with van der Waals surface area (Å²) in [4.78, 5) is 0. The lowest BCUT2D eigenvalue weighted by Gasteiger charge is -2.43. The van der Waals surface area contributed by atoms with Crippen LogP contribution in [0.4, 0.5) is 0 Å². The Balaban J connectivity index is 1.78. The van der Waals surface area contributed by atoms with Crippen molar-refractivity contribution in [3.8, 4) is 11.5 Å². The molecule has 20 heavy (non-hydrogen) atoms. The molecule has 0 amide bonds. The van der Waals surface area contributed by atoms with E-state index in [1.807, 2.05) is 20.2 Å². The van der Waals surface area contributed by atoms with Gasteiger partial charge < -0.3 is 19.5 Å². The smallest absolute Gasteiger partial charge is 0.161 e. The highest BCUT2D eigenvalue weighted by molar-refractivity contribution is 5.44. The minimum atomic E-state index is 0.0565. The first-order valence-electron chi connectivity index (χ1n) is 7.38. The highest BCUT2D eigenvalue weighted by atomic mass is 16.6. The average Bonchev–Trinajstić information content (AvgIpc) is 2.46. The van der Waals surface area contributed by atoms with Crippen LogP contribution in [0.15, 0.2) is 18.2 Å². The molecule has 4 nitrogen and oxygen atoms in total. The molecule has 0 bridgehead atoms. The summed E-state index contributed by atoms with van der Waals surface area (Å²) in [5.74, 6) is 1.70. The molecule has 1 N–H and O–H groups in total. The van der Waals surface area contributed by atoms with Crippen LogP contribution >= 0.6 is 0 Å². The van der Waals surface area contributed by atoms with E-state index in [1.165, 1.54) is 12.0 Å². The topological polar surface area (TPSA) is 39.7 Å². The molecule has 1 aliphatic carbocycles. The second-order valence-corrected chi connectivity index (χ2v) is 5.69. The zero-order valence-corrected chi connectivity index (χ0v) is 12.3. The van der Waals surface area contributed by atoms with Gasteiger partial charge in [-0.15, -0.1) is 0 Å². The maximum atomic E-state index is 5.74. The summed E-state index contributed by atoms with van der Waals surface area (Å²) in [6.45, 7) is 1.26. The lowest BCUT2D eigenvalue weighted by Crippen LogP contribution is -2.42. The number of benzene rings is 1. The zero-order valence-electron chi connectivity index (χ0n) is 12.3. The van der Waals surface area contributed by atoms with Gasteiger partial charge in [0.05, 0.1) is 5.60 Å². The van der Waals surface area contributed by atoms with Crippen LogP contribution in [0.5, 0.6) is 11.5 Å².